The van der Waals surface area contributed by atoms with Gasteiger partial charge in [0.25, 0.3) is 0 Å². The van der Waals surface area contributed by atoms with Crippen LogP contribution < -0.4 is 21.5 Å². The van der Waals surface area contributed by atoms with E-state index in [0.29, 0.717) is 36.1 Å². The third-order valence-electron chi connectivity index (χ3n) is 5.82. The summed E-state index contributed by atoms with van der Waals surface area (Å²) in [7, 11) is 0. The van der Waals surface area contributed by atoms with Gasteiger partial charge >= 0.3 is 32.2 Å². The van der Waals surface area contributed by atoms with E-state index in [2.05, 4.69) is 5.32 Å². The van der Waals surface area contributed by atoms with E-state index in [9.17, 15) is 30.3 Å². The summed E-state index contributed by atoms with van der Waals surface area (Å²) in [4.78, 5) is 10.2. The van der Waals surface area contributed by atoms with Crippen LogP contribution in [0.5, 0.6) is 28.7 Å². The van der Waals surface area contributed by atoms with Crippen LogP contribution in [0.15, 0.2) is 24.3 Å². The Morgan fingerprint density at radius 2 is 1.83 bits per heavy atom. The number of aromatic hydroxyl groups is 4. The van der Waals surface area contributed by atoms with Gasteiger partial charge in [0.1, 0.15) is 18.2 Å². The molecule has 2 aromatic carbocycles. The molecule has 0 saturated carbocycles. The van der Waals surface area contributed by atoms with Gasteiger partial charge in [-0.2, -0.15) is 0 Å². The minimum atomic E-state index is -1.22. The Hall–Kier alpha value is -3.02. The molecule has 0 fully saturated rings. The standard InChI is InChI=1S/C16H14O6.C6H14N4O2.Bi.3H/c17-10-2-1-8-13-9-4-12(19)11(18)3-7(9)5-16(13,21)6-22-15(8)14(10)20;7-4(5(11)12)2-1-3-10-6(8)9;;;;/h1-4,13,17-21H,5-6H2;4H,1-3,7H2,(H,11,12)(H4,8,9,10);;;;/t13-,16+;;;;;/m1...../s1. The van der Waals surface area contributed by atoms with Crippen LogP contribution in [-0.4, -0.2) is 93.6 Å². The molecule has 2 aliphatic rings. The van der Waals surface area contributed by atoms with Gasteiger partial charge in [-0.3, -0.25) is 10.2 Å². The molecule has 0 spiro atoms. The molecule has 1 unspecified atom stereocenters. The van der Waals surface area contributed by atoms with Gasteiger partial charge in [0.05, 0.1) is 0 Å². The molecule has 1 heterocycles. The number of phenolic OH excluding ortho intramolecular Hbond substituents is 4. The van der Waals surface area contributed by atoms with Crippen molar-refractivity contribution >= 4 is 38.1 Å². The molecule has 3 atom stereocenters. The van der Waals surface area contributed by atoms with Crippen LogP contribution in [-0.2, 0) is 11.2 Å². The van der Waals surface area contributed by atoms with Gasteiger partial charge < -0.3 is 52.2 Å². The SMILES string of the molecule is N=C(N)NCCCC(N)C(=O)O.Oc1cc2c(cc1O)[C@H]1c3ccc(O)c(O)c3OC[C@@]1(O)C2.[BiH3]. The van der Waals surface area contributed by atoms with E-state index in [1.165, 1.54) is 18.2 Å². The van der Waals surface area contributed by atoms with Gasteiger partial charge in [-0.1, -0.05) is 6.07 Å². The maximum absolute atomic E-state index is 10.9. The van der Waals surface area contributed by atoms with E-state index >= 15 is 0 Å². The van der Waals surface area contributed by atoms with Crippen LogP contribution in [0.4, 0.5) is 0 Å². The van der Waals surface area contributed by atoms with Gasteiger partial charge in [0, 0.05) is 24.4 Å². The third kappa shape index (κ3) is 5.98. The van der Waals surface area contributed by atoms with Crippen molar-refractivity contribution < 1.29 is 40.2 Å². The van der Waals surface area contributed by atoms with Crippen LogP contribution in [0.1, 0.15) is 35.4 Å². The number of ether oxygens (including phenoxy) is 1. The summed E-state index contributed by atoms with van der Waals surface area (Å²) < 4.78 is 5.46. The summed E-state index contributed by atoms with van der Waals surface area (Å²) in [5.41, 5.74) is 10.9. The van der Waals surface area contributed by atoms with E-state index in [1.807, 2.05) is 0 Å². The van der Waals surface area contributed by atoms with Crippen molar-refractivity contribution in [3.63, 3.8) is 0 Å². The summed E-state index contributed by atoms with van der Waals surface area (Å²) >= 11 is 0. The molecular formula is C22H31BiN4O8. The average molecular weight is 688 g/mol. The number of nitrogens with one attached hydrogen (secondary N) is 2. The monoisotopic (exact) mass is 688 g/mol. The molecule has 0 bridgehead atoms. The number of hydrogen-bond acceptors (Lipinski definition) is 9. The first kappa shape index (κ1) is 28.2. The molecule has 13 heteroatoms. The normalized spacial score (nSPS) is 19.9. The van der Waals surface area contributed by atoms with Crippen LogP contribution in [0.25, 0.3) is 0 Å². The number of nitrogens with two attached hydrogens (primary N) is 2. The van der Waals surface area contributed by atoms with Gasteiger partial charge in [0.15, 0.2) is 29.0 Å². The van der Waals surface area contributed by atoms with Gasteiger partial charge in [0.2, 0.25) is 5.75 Å². The first-order valence-corrected chi connectivity index (χ1v) is 10.5. The number of aliphatic hydroxyl groups is 1. The third-order valence-corrected chi connectivity index (χ3v) is 5.82. The molecule has 1 aliphatic carbocycles. The quantitative estimate of drug-likeness (QED) is 0.0589. The molecule has 0 amide bonds. The van der Waals surface area contributed by atoms with Gasteiger partial charge in [-0.05, 0) is 42.2 Å². The molecule has 4 rings (SSSR count). The van der Waals surface area contributed by atoms with Crippen molar-refractivity contribution in [1.29, 1.82) is 5.41 Å². The zero-order valence-corrected chi connectivity index (χ0v) is 24.4. The summed E-state index contributed by atoms with van der Waals surface area (Å²) in [6.07, 6.45) is 1.24. The number of rotatable bonds is 5. The van der Waals surface area contributed by atoms with Crippen molar-refractivity contribution in [2.24, 2.45) is 11.5 Å². The topological polar surface area (TPSA) is 236 Å². The number of benzene rings is 2. The molecule has 35 heavy (non-hydrogen) atoms. The Morgan fingerprint density at radius 3 is 2.46 bits per heavy atom. The Labute approximate surface area is 219 Å². The van der Waals surface area contributed by atoms with Gasteiger partial charge in [-0.15, -0.1) is 0 Å². The molecule has 12 N–H and O–H groups in total. The average Bonchev–Trinajstić information content (AvgIpc) is 3.05. The summed E-state index contributed by atoms with van der Waals surface area (Å²) in [5.74, 6) is -2.65. The zero-order chi connectivity index (χ0) is 25.2. The van der Waals surface area contributed by atoms with Crippen molar-refractivity contribution in [2.45, 2.75) is 36.8 Å². The van der Waals surface area contributed by atoms with Gasteiger partial charge in [-0.25, -0.2) is 0 Å². The van der Waals surface area contributed by atoms with E-state index in [4.69, 9.17) is 26.7 Å². The predicted octanol–water partition coefficient (Wildman–Crippen LogP) is -1.20. The Balaban J connectivity index is 0.000000288. The fourth-order valence-corrected chi connectivity index (χ4v) is 4.19. The summed E-state index contributed by atoms with van der Waals surface area (Å²) in [6.45, 7) is 0.425. The summed E-state index contributed by atoms with van der Waals surface area (Å²) in [5, 5.41) is 67.5. The molecule has 0 saturated heterocycles. The van der Waals surface area contributed by atoms with Crippen LogP contribution in [0, 0.1) is 5.41 Å². The Kier molecular flexibility index (Phi) is 8.99. The fourth-order valence-electron chi connectivity index (χ4n) is 4.19. The number of guanidine groups is 1. The first-order valence-electron chi connectivity index (χ1n) is 10.5. The number of phenols is 4. The van der Waals surface area contributed by atoms with E-state index in [0.717, 1.165) is 0 Å². The van der Waals surface area contributed by atoms with E-state index in [1.54, 1.807) is 6.07 Å². The fraction of sp³-hybridized carbons (Fsp3) is 0.364. The number of fused-ring (bicyclic) bond motifs is 5. The minimum absolute atomic E-state index is 0. The van der Waals surface area contributed by atoms with Crippen LogP contribution in [0.3, 0.4) is 0 Å². The molecular weight excluding hydrogens is 657 g/mol. The first-order chi connectivity index (χ1) is 15.9. The summed E-state index contributed by atoms with van der Waals surface area (Å²) in [6, 6.07) is 4.95. The number of hydrogen-bond donors (Lipinski definition) is 10. The molecule has 12 nitrogen and oxygen atoms in total. The number of carbonyl (C=O) groups is 1. The molecule has 0 radical (unpaired) electrons. The Morgan fingerprint density at radius 1 is 1.17 bits per heavy atom. The Bertz CT molecular complexity index is 1120. The molecule has 1 aliphatic heterocycles. The second-order valence-electron chi connectivity index (χ2n) is 8.32. The number of carboxylic acid groups (broad SMARTS) is 1. The predicted molar refractivity (Wildman–Crippen MR) is 130 cm³/mol. The van der Waals surface area contributed by atoms with Crippen molar-refractivity contribution in [3.05, 3.63) is 41.0 Å². The molecule has 0 aromatic heterocycles. The van der Waals surface area contributed by atoms with Crippen molar-refractivity contribution in [1.82, 2.24) is 5.32 Å². The second kappa shape index (κ2) is 11.1. The molecule has 2 aromatic rings. The molecule has 192 valence electrons. The zero-order valence-electron chi connectivity index (χ0n) is 18.9. The van der Waals surface area contributed by atoms with E-state index in [-0.39, 0.29) is 73.9 Å². The van der Waals surface area contributed by atoms with Crippen LogP contribution in [0.2, 0.25) is 0 Å². The van der Waals surface area contributed by atoms with Crippen molar-refractivity contribution in [3.8, 4) is 28.7 Å². The van der Waals surface area contributed by atoms with Crippen LogP contribution >= 0.6 is 0 Å². The maximum atomic E-state index is 10.9. The number of aliphatic carboxylic acids is 1. The van der Waals surface area contributed by atoms with E-state index < -0.39 is 23.5 Å². The second-order valence-corrected chi connectivity index (χ2v) is 8.32. The number of carboxylic acids is 1. The van der Waals surface area contributed by atoms with Crippen molar-refractivity contribution in [2.75, 3.05) is 13.2 Å².